The lowest BCUT2D eigenvalue weighted by Gasteiger charge is -2.12. The van der Waals surface area contributed by atoms with E-state index in [-0.39, 0.29) is 0 Å². The van der Waals surface area contributed by atoms with Crippen LogP contribution < -0.4 is 0 Å². The largest absolute Gasteiger partial charge is 0.309 e. The van der Waals surface area contributed by atoms with Gasteiger partial charge in [0.2, 0.25) is 0 Å². The molecular formula is C49H29N3. The van der Waals surface area contributed by atoms with Crippen LogP contribution in [0, 0.1) is 0 Å². The van der Waals surface area contributed by atoms with Gasteiger partial charge in [-0.2, -0.15) is 0 Å². The van der Waals surface area contributed by atoms with E-state index in [1.807, 2.05) is 12.3 Å². The fraction of sp³-hybridized carbons (Fsp3) is 0. The molecule has 0 atom stereocenters. The molecule has 0 amide bonds. The minimum Gasteiger partial charge on any atom is -0.309 e. The van der Waals surface area contributed by atoms with E-state index in [2.05, 4.69) is 173 Å². The average Bonchev–Trinajstić information content (AvgIpc) is 3.84. The summed E-state index contributed by atoms with van der Waals surface area (Å²) >= 11 is 0. The number of rotatable bonds is 3. The Hall–Kier alpha value is -6.97. The molecule has 0 radical (unpaired) electrons. The molecule has 1 aliphatic rings. The van der Waals surface area contributed by atoms with Gasteiger partial charge in [0.25, 0.3) is 0 Å². The molecule has 240 valence electrons. The molecule has 0 saturated heterocycles. The van der Waals surface area contributed by atoms with Crippen molar-refractivity contribution in [1.82, 2.24) is 14.1 Å². The Morgan fingerprint density at radius 1 is 0.346 bits per heavy atom. The van der Waals surface area contributed by atoms with Crippen molar-refractivity contribution in [2.24, 2.45) is 0 Å². The van der Waals surface area contributed by atoms with E-state index in [1.165, 1.54) is 98.7 Å². The van der Waals surface area contributed by atoms with Gasteiger partial charge in [0, 0.05) is 50.2 Å². The van der Waals surface area contributed by atoms with E-state index in [1.54, 1.807) is 0 Å². The highest BCUT2D eigenvalue weighted by Crippen LogP contribution is 2.48. The number of benzene rings is 8. The van der Waals surface area contributed by atoms with Gasteiger partial charge in [-0.15, -0.1) is 0 Å². The quantitative estimate of drug-likeness (QED) is 0.185. The highest BCUT2D eigenvalue weighted by molar-refractivity contribution is 6.22. The van der Waals surface area contributed by atoms with E-state index in [4.69, 9.17) is 4.98 Å². The van der Waals surface area contributed by atoms with Crippen LogP contribution in [0.5, 0.6) is 0 Å². The number of hydrogen-bond acceptors (Lipinski definition) is 1. The lowest BCUT2D eigenvalue weighted by atomic mass is 9.99. The van der Waals surface area contributed by atoms with Gasteiger partial charge in [-0.1, -0.05) is 103 Å². The maximum Gasteiger partial charge on any atom is 0.0787 e. The van der Waals surface area contributed by atoms with Crippen molar-refractivity contribution < 1.29 is 0 Å². The molecular weight excluding hydrogens is 631 g/mol. The standard InChI is InChI=1S/C49H29N3/c1-2-12-34(13-3-1)51-45-23-21-32(28-41(45)48-36-14-5-4-10-30(36)19-24-46(48)51)31-20-22-44-40(27-31)37-15-6-7-18-43(37)52(44)35-26-33-11-8-16-38-39-17-9-25-50-49(39)42(29-35)47(33)38/h1-29H. The lowest BCUT2D eigenvalue weighted by molar-refractivity contribution is 1.18. The van der Waals surface area contributed by atoms with Crippen LogP contribution in [0.15, 0.2) is 176 Å². The second kappa shape index (κ2) is 10.3. The molecule has 8 aromatic carbocycles. The zero-order chi connectivity index (χ0) is 33.9. The van der Waals surface area contributed by atoms with E-state index < -0.39 is 0 Å². The van der Waals surface area contributed by atoms with Crippen molar-refractivity contribution in [1.29, 1.82) is 0 Å². The predicted octanol–water partition coefficient (Wildman–Crippen LogP) is 12.9. The Morgan fingerprint density at radius 2 is 1.02 bits per heavy atom. The third-order valence-electron chi connectivity index (χ3n) is 11.2. The van der Waals surface area contributed by atoms with Crippen LogP contribution in [-0.4, -0.2) is 14.1 Å². The van der Waals surface area contributed by atoms with E-state index in [0.29, 0.717) is 0 Å². The Bertz CT molecular complexity index is 3290. The minimum absolute atomic E-state index is 1.07. The molecule has 0 spiro atoms. The Balaban J connectivity index is 1.09. The van der Waals surface area contributed by atoms with E-state index >= 15 is 0 Å². The second-order valence-corrected chi connectivity index (χ2v) is 14.0. The van der Waals surface area contributed by atoms with Gasteiger partial charge in [-0.05, 0) is 105 Å². The van der Waals surface area contributed by atoms with Crippen molar-refractivity contribution in [3.63, 3.8) is 0 Å². The zero-order valence-corrected chi connectivity index (χ0v) is 28.1. The van der Waals surface area contributed by atoms with Crippen molar-refractivity contribution in [3.05, 3.63) is 176 Å². The molecule has 52 heavy (non-hydrogen) atoms. The summed E-state index contributed by atoms with van der Waals surface area (Å²) in [6, 6.07) is 62.3. The lowest BCUT2D eigenvalue weighted by Crippen LogP contribution is -1.95. The van der Waals surface area contributed by atoms with Gasteiger partial charge in [0.15, 0.2) is 0 Å². The van der Waals surface area contributed by atoms with Crippen molar-refractivity contribution in [3.8, 4) is 44.9 Å². The second-order valence-electron chi connectivity index (χ2n) is 14.0. The number of para-hydroxylation sites is 2. The molecule has 0 unspecified atom stereocenters. The first kappa shape index (κ1) is 27.8. The molecule has 3 nitrogen and oxygen atoms in total. The molecule has 1 aliphatic carbocycles. The molecule has 0 bridgehead atoms. The third kappa shape index (κ3) is 3.72. The van der Waals surface area contributed by atoms with Gasteiger partial charge in [0.05, 0.1) is 27.8 Å². The first-order chi connectivity index (χ1) is 25.8. The first-order valence-electron chi connectivity index (χ1n) is 17.9. The van der Waals surface area contributed by atoms with E-state index in [0.717, 1.165) is 11.4 Å². The maximum atomic E-state index is 4.86. The van der Waals surface area contributed by atoms with Crippen molar-refractivity contribution in [2.45, 2.75) is 0 Å². The summed E-state index contributed by atoms with van der Waals surface area (Å²) < 4.78 is 4.84. The molecule has 11 aromatic rings. The molecule has 3 heteroatoms. The number of nitrogens with zero attached hydrogens (tertiary/aromatic N) is 3. The van der Waals surface area contributed by atoms with Gasteiger partial charge in [-0.25, -0.2) is 0 Å². The first-order valence-corrected chi connectivity index (χ1v) is 17.9. The molecule has 0 fully saturated rings. The van der Waals surface area contributed by atoms with Crippen molar-refractivity contribution in [2.75, 3.05) is 0 Å². The predicted molar refractivity (Wildman–Crippen MR) is 218 cm³/mol. The Morgan fingerprint density at radius 3 is 1.90 bits per heavy atom. The fourth-order valence-electron chi connectivity index (χ4n) is 9.05. The van der Waals surface area contributed by atoms with Crippen LogP contribution in [0.4, 0.5) is 0 Å². The van der Waals surface area contributed by atoms with Crippen LogP contribution in [0.1, 0.15) is 0 Å². The summed E-state index contributed by atoms with van der Waals surface area (Å²) in [5.74, 6) is 0. The van der Waals surface area contributed by atoms with Gasteiger partial charge >= 0.3 is 0 Å². The molecule has 0 saturated carbocycles. The molecule has 3 heterocycles. The third-order valence-corrected chi connectivity index (χ3v) is 11.2. The summed E-state index contributed by atoms with van der Waals surface area (Å²) in [6.45, 7) is 0. The molecule has 0 N–H and O–H groups in total. The smallest absolute Gasteiger partial charge is 0.0787 e. The highest BCUT2D eigenvalue weighted by atomic mass is 15.0. The van der Waals surface area contributed by atoms with Crippen LogP contribution in [0.25, 0.3) is 110 Å². The zero-order valence-electron chi connectivity index (χ0n) is 28.1. The number of aromatic nitrogens is 3. The highest BCUT2D eigenvalue weighted by Gasteiger charge is 2.24. The molecule has 3 aromatic heterocycles. The van der Waals surface area contributed by atoms with Crippen LogP contribution in [0.3, 0.4) is 0 Å². The monoisotopic (exact) mass is 659 g/mol. The van der Waals surface area contributed by atoms with Crippen molar-refractivity contribution >= 4 is 65.2 Å². The van der Waals surface area contributed by atoms with Crippen LogP contribution in [-0.2, 0) is 0 Å². The van der Waals surface area contributed by atoms with Gasteiger partial charge < -0.3 is 9.13 Å². The maximum absolute atomic E-state index is 4.86. The number of fused-ring (bicyclic) bond motifs is 11. The summed E-state index contributed by atoms with van der Waals surface area (Å²) in [6.07, 6.45) is 1.91. The van der Waals surface area contributed by atoms with E-state index in [9.17, 15) is 0 Å². The Kier molecular flexibility index (Phi) is 5.50. The van der Waals surface area contributed by atoms with Gasteiger partial charge in [0.1, 0.15) is 0 Å². The normalized spacial score (nSPS) is 12.2. The number of hydrogen-bond donors (Lipinski definition) is 0. The topological polar surface area (TPSA) is 22.8 Å². The summed E-state index contributed by atoms with van der Waals surface area (Å²) in [5, 5.41) is 10.1. The SMILES string of the molecule is c1ccc(-n2c3ccc(-c4ccc5c(c4)c4ccccc4n5-c4cc5c6c(cccc6c4)-c4cccnc4-5)cc3c3c4ccccc4ccc32)cc1. The van der Waals surface area contributed by atoms with Gasteiger partial charge in [-0.3, -0.25) is 4.98 Å². The fourth-order valence-corrected chi connectivity index (χ4v) is 9.05. The van der Waals surface area contributed by atoms with Crippen LogP contribution in [0.2, 0.25) is 0 Å². The number of pyridine rings is 1. The minimum atomic E-state index is 1.07. The molecule has 0 aliphatic heterocycles. The molecule has 12 rings (SSSR count). The van der Waals surface area contributed by atoms with Crippen LogP contribution >= 0.6 is 0 Å². The summed E-state index contributed by atoms with van der Waals surface area (Å²) in [7, 11) is 0. The average molecular weight is 660 g/mol. The summed E-state index contributed by atoms with van der Waals surface area (Å²) in [4.78, 5) is 4.86. The Labute approximate surface area is 299 Å². The summed E-state index contributed by atoms with van der Waals surface area (Å²) in [5.41, 5.74) is 14.3.